The van der Waals surface area contributed by atoms with Crippen LogP contribution >= 0.6 is 11.6 Å². The standard InChI is InChI=1S/C23H25ClN2O2/c24-19-8-9-21-18(15-19)16-22(25-21)17-10-12-26(13-11-17)23(27)7-4-14-28-20-5-2-1-3-6-20/h1-3,5-6,8-9,15-17,25H,4,7,10-14H2. The van der Waals surface area contributed by atoms with Crippen LogP contribution in [-0.2, 0) is 4.79 Å². The van der Waals surface area contributed by atoms with Crippen LogP contribution in [-0.4, -0.2) is 35.5 Å². The van der Waals surface area contributed by atoms with E-state index < -0.39 is 0 Å². The Kier molecular flexibility index (Phi) is 5.87. The molecule has 0 bridgehead atoms. The van der Waals surface area contributed by atoms with Crippen molar-refractivity contribution in [3.8, 4) is 5.75 Å². The van der Waals surface area contributed by atoms with Gasteiger partial charge in [-0.2, -0.15) is 0 Å². The molecule has 1 amide bonds. The van der Waals surface area contributed by atoms with Crippen molar-refractivity contribution in [2.45, 2.75) is 31.6 Å². The predicted octanol–water partition coefficient (Wildman–Crippen LogP) is 5.39. The van der Waals surface area contributed by atoms with E-state index in [0.29, 0.717) is 18.9 Å². The van der Waals surface area contributed by atoms with Crippen LogP contribution in [0.4, 0.5) is 0 Å². The monoisotopic (exact) mass is 396 g/mol. The summed E-state index contributed by atoms with van der Waals surface area (Å²) in [4.78, 5) is 18.0. The lowest BCUT2D eigenvalue weighted by atomic mass is 9.93. The van der Waals surface area contributed by atoms with Gasteiger partial charge < -0.3 is 14.6 Å². The minimum Gasteiger partial charge on any atom is -0.494 e. The minimum absolute atomic E-state index is 0.235. The molecule has 0 unspecified atom stereocenters. The van der Waals surface area contributed by atoms with Crippen molar-refractivity contribution in [2.75, 3.05) is 19.7 Å². The fraction of sp³-hybridized carbons (Fsp3) is 0.348. The summed E-state index contributed by atoms with van der Waals surface area (Å²) in [7, 11) is 0. The van der Waals surface area contributed by atoms with Crippen LogP contribution in [0.25, 0.3) is 10.9 Å². The van der Waals surface area contributed by atoms with Crippen LogP contribution < -0.4 is 4.74 Å². The average molecular weight is 397 g/mol. The third-order valence-corrected chi connectivity index (χ3v) is 5.67. The van der Waals surface area contributed by atoms with Crippen molar-refractivity contribution >= 4 is 28.4 Å². The van der Waals surface area contributed by atoms with E-state index in [0.717, 1.165) is 54.0 Å². The number of ether oxygens (including phenoxy) is 1. The van der Waals surface area contributed by atoms with Gasteiger partial charge in [-0.15, -0.1) is 0 Å². The number of likely N-dealkylation sites (tertiary alicyclic amines) is 1. The van der Waals surface area contributed by atoms with Gasteiger partial charge in [0.25, 0.3) is 0 Å². The lowest BCUT2D eigenvalue weighted by molar-refractivity contribution is -0.132. The van der Waals surface area contributed by atoms with Crippen LogP contribution in [0.5, 0.6) is 5.75 Å². The van der Waals surface area contributed by atoms with Crippen molar-refractivity contribution in [1.29, 1.82) is 0 Å². The first kappa shape index (κ1) is 18.9. The molecule has 0 atom stereocenters. The molecule has 1 N–H and O–H groups in total. The maximum atomic E-state index is 12.5. The number of H-pyrrole nitrogens is 1. The number of aromatic nitrogens is 1. The number of hydrogen-bond acceptors (Lipinski definition) is 2. The second-order valence-electron chi connectivity index (χ2n) is 7.38. The number of nitrogens with one attached hydrogen (secondary N) is 1. The van der Waals surface area contributed by atoms with E-state index in [2.05, 4.69) is 11.1 Å². The number of aromatic amines is 1. The van der Waals surface area contributed by atoms with E-state index in [9.17, 15) is 4.79 Å². The van der Waals surface area contributed by atoms with Gasteiger partial charge in [-0.05, 0) is 55.7 Å². The Balaban J connectivity index is 1.23. The number of benzene rings is 2. The lowest BCUT2D eigenvalue weighted by Gasteiger charge is -2.31. The largest absolute Gasteiger partial charge is 0.494 e. The average Bonchev–Trinajstić information content (AvgIpc) is 3.15. The summed E-state index contributed by atoms with van der Waals surface area (Å²) < 4.78 is 5.67. The van der Waals surface area contributed by atoms with Crippen molar-refractivity contribution in [3.05, 3.63) is 65.3 Å². The van der Waals surface area contributed by atoms with Gasteiger partial charge in [0.1, 0.15) is 5.75 Å². The first-order valence-electron chi connectivity index (χ1n) is 9.93. The number of carbonyl (C=O) groups is 1. The second-order valence-corrected chi connectivity index (χ2v) is 7.81. The molecule has 2 heterocycles. The third kappa shape index (κ3) is 4.50. The summed E-state index contributed by atoms with van der Waals surface area (Å²) in [6.45, 7) is 2.21. The number of para-hydroxylation sites is 1. The maximum absolute atomic E-state index is 12.5. The topological polar surface area (TPSA) is 45.3 Å². The molecule has 1 saturated heterocycles. The zero-order valence-electron chi connectivity index (χ0n) is 15.9. The van der Waals surface area contributed by atoms with Crippen LogP contribution in [0.15, 0.2) is 54.6 Å². The molecule has 28 heavy (non-hydrogen) atoms. The molecule has 5 heteroatoms. The zero-order valence-corrected chi connectivity index (χ0v) is 16.6. The zero-order chi connectivity index (χ0) is 19.3. The number of halogens is 1. The van der Waals surface area contributed by atoms with Gasteiger partial charge in [0.05, 0.1) is 6.61 Å². The number of carbonyl (C=O) groups excluding carboxylic acids is 1. The Morgan fingerprint density at radius 3 is 2.68 bits per heavy atom. The summed E-state index contributed by atoms with van der Waals surface area (Å²) in [5.41, 5.74) is 2.37. The normalized spacial score (nSPS) is 15.1. The molecule has 0 spiro atoms. The molecule has 2 aromatic carbocycles. The predicted molar refractivity (Wildman–Crippen MR) is 113 cm³/mol. The van der Waals surface area contributed by atoms with Crippen molar-refractivity contribution in [2.24, 2.45) is 0 Å². The molecule has 1 aliphatic rings. The Morgan fingerprint density at radius 1 is 1.11 bits per heavy atom. The van der Waals surface area contributed by atoms with Gasteiger partial charge in [-0.1, -0.05) is 29.8 Å². The number of piperidine rings is 1. The first-order chi connectivity index (χ1) is 13.7. The Labute approximate surface area is 170 Å². The molecule has 0 radical (unpaired) electrons. The van der Waals surface area contributed by atoms with E-state index in [4.69, 9.17) is 16.3 Å². The van der Waals surface area contributed by atoms with Crippen LogP contribution in [0, 0.1) is 0 Å². The van der Waals surface area contributed by atoms with Crippen LogP contribution in [0.1, 0.15) is 37.3 Å². The highest BCUT2D eigenvalue weighted by Crippen LogP contribution is 2.31. The molecule has 1 fully saturated rings. The van der Waals surface area contributed by atoms with E-state index >= 15 is 0 Å². The van der Waals surface area contributed by atoms with Gasteiger partial charge >= 0.3 is 0 Å². The van der Waals surface area contributed by atoms with E-state index in [1.54, 1.807) is 0 Å². The SMILES string of the molecule is O=C(CCCOc1ccccc1)N1CCC(c2cc3cc(Cl)ccc3[nH]2)CC1. The van der Waals surface area contributed by atoms with Crippen molar-refractivity contribution in [3.63, 3.8) is 0 Å². The Morgan fingerprint density at radius 2 is 1.89 bits per heavy atom. The highest BCUT2D eigenvalue weighted by Gasteiger charge is 2.24. The van der Waals surface area contributed by atoms with Gasteiger partial charge in [-0.25, -0.2) is 0 Å². The van der Waals surface area contributed by atoms with Crippen molar-refractivity contribution < 1.29 is 9.53 Å². The molecule has 3 aromatic rings. The minimum atomic E-state index is 0.235. The van der Waals surface area contributed by atoms with E-state index in [-0.39, 0.29) is 5.91 Å². The second kappa shape index (κ2) is 8.70. The molecule has 0 saturated carbocycles. The summed E-state index contributed by atoms with van der Waals surface area (Å²) in [6.07, 6.45) is 3.28. The van der Waals surface area contributed by atoms with E-state index in [1.807, 2.05) is 53.4 Å². The maximum Gasteiger partial charge on any atom is 0.222 e. The fourth-order valence-corrected chi connectivity index (χ4v) is 4.05. The number of hydrogen-bond donors (Lipinski definition) is 1. The highest BCUT2D eigenvalue weighted by molar-refractivity contribution is 6.31. The third-order valence-electron chi connectivity index (χ3n) is 5.44. The van der Waals surface area contributed by atoms with Gasteiger partial charge in [0.2, 0.25) is 5.91 Å². The first-order valence-corrected chi connectivity index (χ1v) is 10.3. The number of nitrogens with zero attached hydrogens (tertiary/aromatic N) is 1. The number of fused-ring (bicyclic) bond motifs is 1. The lowest BCUT2D eigenvalue weighted by Crippen LogP contribution is -2.38. The summed E-state index contributed by atoms with van der Waals surface area (Å²) in [5.74, 6) is 1.56. The molecule has 1 aliphatic heterocycles. The molecule has 4 rings (SSSR count). The Bertz CT molecular complexity index is 930. The molecule has 1 aromatic heterocycles. The quantitative estimate of drug-likeness (QED) is 0.568. The fourth-order valence-electron chi connectivity index (χ4n) is 3.87. The van der Waals surface area contributed by atoms with Gasteiger partial charge in [0.15, 0.2) is 0 Å². The number of rotatable bonds is 6. The summed E-state index contributed by atoms with van der Waals surface area (Å²) in [5, 5.41) is 1.91. The molecule has 146 valence electrons. The van der Waals surface area contributed by atoms with Gasteiger partial charge in [-0.3, -0.25) is 4.79 Å². The van der Waals surface area contributed by atoms with E-state index in [1.165, 1.54) is 5.69 Å². The molecule has 0 aliphatic carbocycles. The molecular weight excluding hydrogens is 372 g/mol. The van der Waals surface area contributed by atoms with Crippen LogP contribution in [0.3, 0.4) is 0 Å². The number of amides is 1. The molecular formula is C23H25ClN2O2. The van der Waals surface area contributed by atoms with Crippen molar-refractivity contribution in [1.82, 2.24) is 9.88 Å². The molecule has 4 nitrogen and oxygen atoms in total. The summed E-state index contributed by atoms with van der Waals surface area (Å²) >= 11 is 6.09. The highest BCUT2D eigenvalue weighted by atomic mass is 35.5. The summed E-state index contributed by atoms with van der Waals surface area (Å²) in [6, 6.07) is 17.9. The van der Waals surface area contributed by atoms with Gasteiger partial charge in [0, 0.05) is 47.0 Å². The Hall–Kier alpha value is -2.46. The van der Waals surface area contributed by atoms with Crippen LogP contribution in [0.2, 0.25) is 5.02 Å². The smallest absolute Gasteiger partial charge is 0.222 e.